The summed E-state index contributed by atoms with van der Waals surface area (Å²) >= 11 is 0. The molecule has 0 unspecified atom stereocenters. The van der Waals surface area contributed by atoms with E-state index in [2.05, 4.69) is 78.4 Å². The number of fused-ring (bicyclic) bond motifs is 2. The van der Waals surface area contributed by atoms with Crippen molar-refractivity contribution < 1.29 is 4.79 Å². The van der Waals surface area contributed by atoms with E-state index in [1.54, 1.807) is 0 Å². The molecule has 0 spiro atoms. The molecule has 3 aromatic carbocycles. The van der Waals surface area contributed by atoms with Crippen LogP contribution in [0.15, 0.2) is 79.0 Å². The number of carbonyl (C=O) groups excluding carboxylic acids is 1. The van der Waals surface area contributed by atoms with Crippen LogP contribution >= 0.6 is 0 Å². The van der Waals surface area contributed by atoms with Crippen molar-refractivity contribution in [3.05, 3.63) is 107 Å². The van der Waals surface area contributed by atoms with Crippen molar-refractivity contribution in [1.29, 1.82) is 0 Å². The van der Waals surface area contributed by atoms with Crippen molar-refractivity contribution >= 4 is 22.5 Å². The first-order chi connectivity index (χ1) is 16.4. The van der Waals surface area contributed by atoms with E-state index in [0.717, 1.165) is 42.8 Å². The molecule has 1 N–H and O–H groups in total. The zero-order valence-electron chi connectivity index (χ0n) is 20.1. The van der Waals surface area contributed by atoms with Crippen LogP contribution in [0, 0.1) is 0 Å². The van der Waals surface area contributed by atoms with Crippen LogP contribution in [0.5, 0.6) is 0 Å². The summed E-state index contributed by atoms with van der Waals surface area (Å²) in [5.41, 5.74) is 7.69. The Hall–Kier alpha value is -3.50. The van der Waals surface area contributed by atoms with Gasteiger partial charge in [-0.1, -0.05) is 63.2 Å². The lowest BCUT2D eigenvalue weighted by molar-refractivity contribution is 0.102. The van der Waals surface area contributed by atoms with Gasteiger partial charge in [0.1, 0.15) is 0 Å². The van der Waals surface area contributed by atoms with E-state index in [0.29, 0.717) is 0 Å². The molecule has 0 aliphatic carbocycles. The Morgan fingerprint density at radius 1 is 0.971 bits per heavy atom. The summed E-state index contributed by atoms with van der Waals surface area (Å²) in [4.78, 5) is 20.1. The Morgan fingerprint density at radius 3 is 2.56 bits per heavy atom. The van der Waals surface area contributed by atoms with Crippen molar-refractivity contribution in [3.63, 3.8) is 0 Å². The van der Waals surface area contributed by atoms with Gasteiger partial charge >= 0.3 is 0 Å². The highest BCUT2D eigenvalue weighted by atomic mass is 16.1. The van der Waals surface area contributed by atoms with Gasteiger partial charge in [0.05, 0.1) is 5.52 Å². The van der Waals surface area contributed by atoms with Gasteiger partial charge in [0, 0.05) is 42.5 Å². The molecule has 1 aromatic heterocycles. The zero-order valence-corrected chi connectivity index (χ0v) is 20.1. The lowest BCUT2D eigenvalue weighted by atomic mass is 9.87. The van der Waals surface area contributed by atoms with Crippen LogP contribution in [0.25, 0.3) is 10.9 Å². The molecule has 0 fully saturated rings. The molecule has 0 bridgehead atoms. The van der Waals surface area contributed by atoms with Gasteiger partial charge in [-0.15, -0.1) is 0 Å². The van der Waals surface area contributed by atoms with Crippen LogP contribution in [0.3, 0.4) is 0 Å². The second-order valence-corrected chi connectivity index (χ2v) is 10.2. The summed E-state index contributed by atoms with van der Waals surface area (Å²) in [6.07, 6.45) is 2.76. The van der Waals surface area contributed by atoms with Crippen molar-refractivity contribution in [2.45, 2.75) is 45.7 Å². The first-order valence-electron chi connectivity index (χ1n) is 12.0. The molecule has 1 aliphatic heterocycles. The standard InChI is InChI=1S/C30H31N3O/c1-30(2,3)23-11-13-24(14-12-23)32-29(34)27-9-6-7-21-19-33(18-16-25(21)27)20-22-15-17-31-28-10-5-4-8-26(22)28/h4-15,17H,16,18-20H2,1-3H3,(H,32,34). The van der Waals surface area contributed by atoms with E-state index in [4.69, 9.17) is 0 Å². The molecular formula is C30H31N3O. The van der Waals surface area contributed by atoms with E-state index < -0.39 is 0 Å². The molecule has 1 amide bonds. The summed E-state index contributed by atoms with van der Waals surface area (Å²) < 4.78 is 0. The van der Waals surface area contributed by atoms with Gasteiger partial charge in [-0.3, -0.25) is 14.7 Å². The second-order valence-electron chi connectivity index (χ2n) is 10.2. The maximum absolute atomic E-state index is 13.2. The minimum atomic E-state index is -0.0334. The molecule has 0 saturated carbocycles. The van der Waals surface area contributed by atoms with Gasteiger partial charge in [0.25, 0.3) is 5.91 Å². The topological polar surface area (TPSA) is 45.2 Å². The molecule has 5 rings (SSSR count). The third-order valence-corrected chi connectivity index (χ3v) is 6.73. The third-order valence-electron chi connectivity index (χ3n) is 6.73. The largest absolute Gasteiger partial charge is 0.322 e. The zero-order chi connectivity index (χ0) is 23.7. The third kappa shape index (κ3) is 4.59. The molecule has 0 saturated heterocycles. The molecule has 1 aliphatic rings. The lowest BCUT2D eigenvalue weighted by Crippen LogP contribution is -2.31. The molecule has 4 aromatic rings. The van der Waals surface area contributed by atoms with Crippen LogP contribution in [-0.4, -0.2) is 22.3 Å². The highest BCUT2D eigenvalue weighted by Gasteiger charge is 2.22. The summed E-state index contributed by atoms with van der Waals surface area (Å²) in [6.45, 7) is 9.21. The van der Waals surface area contributed by atoms with E-state index in [1.807, 2.05) is 36.5 Å². The smallest absolute Gasteiger partial charge is 0.255 e. The Bertz CT molecular complexity index is 1330. The fourth-order valence-electron chi connectivity index (χ4n) is 4.80. The van der Waals surface area contributed by atoms with E-state index in [1.165, 1.54) is 27.6 Å². The average molecular weight is 450 g/mol. The van der Waals surface area contributed by atoms with Crippen molar-refractivity contribution in [3.8, 4) is 0 Å². The van der Waals surface area contributed by atoms with Crippen LogP contribution < -0.4 is 5.32 Å². The number of hydrogen-bond donors (Lipinski definition) is 1. The minimum absolute atomic E-state index is 0.0334. The Kier molecular flexibility index (Phi) is 5.93. The van der Waals surface area contributed by atoms with Crippen molar-refractivity contribution in [1.82, 2.24) is 9.88 Å². The van der Waals surface area contributed by atoms with E-state index >= 15 is 0 Å². The number of hydrogen-bond acceptors (Lipinski definition) is 3. The number of nitrogens with zero attached hydrogens (tertiary/aromatic N) is 2. The van der Waals surface area contributed by atoms with Gasteiger partial charge in [0.2, 0.25) is 0 Å². The Balaban J connectivity index is 1.32. The monoisotopic (exact) mass is 449 g/mol. The van der Waals surface area contributed by atoms with Crippen LogP contribution in [-0.2, 0) is 24.9 Å². The van der Waals surface area contributed by atoms with E-state index in [9.17, 15) is 4.79 Å². The quantitative estimate of drug-likeness (QED) is 0.395. The SMILES string of the molecule is CC(C)(C)c1ccc(NC(=O)c2cccc3c2CCN(Cc2ccnc4ccccc24)C3)cc1. The number of rotatable bonds is 4. The number of anilines is 1. The number of benzene rings is 3. The Labute approximate surface area is 201 Å². The number of nitrogens with one attached hydrogen (secondary N) is 1. The number of amides is 1. The van der Waals surface area contributed by atoms with Gasteiger partial charge in [-0.2, -0.15) is 0 Å². The molecule has 34 heavy (non-hydrogen) atoms. The summed E-state index contributed by atoms with van der Waals surface area (Å²) in [6, 6.07) is 24.7. The predicted molar refractivity (Wildman–Crippen MR) is 139 cm³/mol. The minimum Gasteiger partial charge on any atom is -0.322 e. The lowest BCUT2D eigenvalue weighted by Gasteiger charge is -2.30. The molecule has 4 nitrogen and oxygen atoms in total. The van der Waals surface area contributed by atoms with Crippen molar-refractivity contribution in [2.24, 2.45) is 0 Å². The van der Waals surface area contributed by atoms with Gasteiger partial charge in [0.15, 0.2) is 0 Å². The maximum atomic E-state index is 13.2. The van der Waals surface area contributed by atoms with Crippen LogP contribution in [0.1, 0.15) is 53.4 Å². The highest BCUT2D eigenvalue weighted by molar-refractivity contribution is 6.05. The van der Waals surface area contributed by atoms with Crippen LogP contribution in [0.4, 0.5) is 5.69 Å². The summed E-state index contributed by atoms with van der Waals surface area (Å²) in [7, 11) is 0. The molecule has 2 heterocycles. The van der Waals surface area contributed by atoms with Gasteiger partial charge in [-0.05, 0) is 64.4 Å². The predicted octanol–water partition coefficient (Wildman–Crippen LogP) is 6.34. The maximum Gasteiger partial charge on any atom is 0.255 e. The fourth-order valence-corrected chi connectivity index (χ4v) is 4.80. The number of para-hydroxylation sites is 1. The second kappa shape index (κ2) is 9.03. The number of carbonyl (C=O) groups is 1. The van der Waals surface area contributed by atoms with E-state index in [-0.39, 0.29) is 11.3 Å². The Morgan fingerprint density at radius 2 is 1.76 bits per heavy atom. The highest BCUT2D eigenvalue weighted by Crippen LogP contribution is 2.27. The molecule has 0 atom stereocenters. The molecule has 172 valence electrons. The summed E-state index contributed by atoms with van der Waals surface area (Å²) in [5, 5.41) is 4.31. The molecular weight excluding hydrogens is 418 g/mol. The first kappa shape index (κ1) is 22.3. The molecule has 4 heteroatoms. The van der Waals surface area contributed by atoms with Gasteiger partial charge in [-0.25, -0.2) is 0 Å². The normalized spacial score (nSPS) is 14.1. The summed E-state index contributed by atoms with van der Waals surface area (Å²) in [5.74, 6) is -0.0334. The van der Waals surface area contributed by atoms with Gasteiger partial charge < -0.3 is 5.32 Å². The first-order valence-corrected chi connectivity index (χ1v) is 12.0. The fraction of sp³-hybridized carbons (Fsp3) is 0.267. The van der Waals surface area contributed by atoms with Crippen molar-refractivity contribution in [2.75, 3.05) is 11.9 Å². The molecule has 0 radical (unpaired) electrons. The number of pyridine rings is 1. The number of aromatic nitrogens is 1. The van der Waals surface area contributed by atoms with Crippen LogP contribution in [0.2, 0.25) is 0 Å². The average Bonchev–Trinajstić information content (AvgIpc) is 2.83.